The van der Waals surface area contributed by atoms with Gasteiger partial charge in [-0.25, -0.2) is 18.1 Å². The van der Waals surface area contributed by atoms with E-state index >= 15 is 0 Å². The van der Waals surface area contributed by atoms with Gasteiger partial charge in [0, 0.05) is 85.6 Å². The number of hydrogen-bond acceptors (Lipinski definition) is 13. The Kier molecular flexibility index (Phi) is 12.4. The minimum absolute atomic E-state index is 0.0536. The maximum atomic E-state index is 13.3. The number of aryl methyl sites for hydroxylation is 1. The summed E-state index contributed by atoms with van der Waals surface area (Å²) in [5, 5.41) is 11.9. The van der Waals surface area contributed by atoms with Gasteiger partial charge in [-0.3, -0.25) is 34.2 Å². The third kappa shape index (κ3) is 9.98. The number of nitrogens with zero attached hydrogens (tertiary/aromatic N) is 5. The number of carbonyl (C=O) groups excluding carboxylic acids is 5. The van der Waals surface area contributed by atoms with Crippen molar-refractivity contribution in [3.63, 3.8) is 0 Å². The van der Waals surface area contributed by atoms with Gasteiger partial charge < -0.3 is 25.8 Å². The molecule has 0 saturated carbocycles. The van der Waals surface area contributed by atoms with Gasteiger partial charge in [-0.1, -0.05) is 12.1 Å². The van der Waals surface area contributed by atoms with Crippen molar-refractivity contribution in [1.29, 1.82) is 0 Å². The van der Waals surface area contributed by atoms with Crippen LogP contribution >= 0.6 is 0 Å². The van der Waals surface area contributed by atoms with Gasteiger partial charge in [0.05, 0.1) is 16.0 Å². The van der Waals surface area contributed by atoms with Crippen LogP contribution in [0.1, 0.15) is 79.2 Å². The monoisotopic (exact) mass is 850 g/mol. The standard InChI is InChI=1S/C43H50N10O7S/c1-27-26-45-42(49-38(27)46-29-9-7-10-31(25-29)61(59,60)50-43(2,3)4)47-28-14-16-30(17-15-28)51-21-23-52(24-22-51)36(55)13-5-6-20-44-33-12-8-11-32-37(33)41(58)53(40(32)57)34-18-19-35(54)48-39(34)56/h7-12,14-17,25-26,34,44,50H,5-6,13,18-24H2,1-4H3,(H,48,54,56)(H2,45,46,47,49). The largest absolute Gasteiger partial charge is 0.384 e. The number of benzene rings is 3. The highest BCUT2D eigenvalue weighted by atomic mass is 32.2. The van der Waals surface area contributed by atoms with Crippen molar-refractivity contribution in [2.45, 2.75) is 76.3 Å². The molecule has 320 valence electrons. The fourth-order valence-corrected chi connectivity index (χ4v) is 8.98. The number of piperidine rings is 1. The molecule has 1 atom stereocenters. The molecule has 18 heteroatoms. The van der Waals surface area contributed by atoms with E-state index in [1.165, 1.54) is 0 Å². The average Bonchev–Trinajstić information content (AvgIpc) is 3.47. The zero-order chi connectivity index (χ0) is 43.5. The molecule has 4 heterocycles. The van der Waals surface area contributed by atoms with E-state index in [9.17, 15) is 32.4 Å². The summed E-state index contributed by atoms with van der Waals surface area (Å²) in [6.45, 7) is 10.3. The van der Waals surface area contributed by atoms with Crippen molar-refractivity contribution in [3.05, 3.63) is 89.6 Å². The third-order valence-corrected chi connectivity index (χ3v) is 12.3. The smallest absolute Gasteiger partial charge is 0.264 e. The molecule has 1 aromatic heterocycles. The molecule has 1 unspecified atom stereocenters. The summed E-state index contributed by atoms with van der Waals surface area (Å²) in [5.74, 6) is -1.20. The number of aromatic nitrogens is 2. The van der Waals surface area contributed by atoms with E-state index in [-0.39, 0.29) is 34.8 Å². The molecular formula is C43H50N10O7S. The van der Waals surface area contributed by atoms with Gasteiger partial charge in [0.2, 0.25) is 33.7 Å². The van der Waals surface area contributed by atoms with Crippen LogP contribution in [-0.2, 0) is 24.4 Å². The number of sulfonamides is 1. The van der Waals surface area contributed by atoms with Crippen molar-refractivity contribution < 1.29 is 32.4 Å². The number of hydrogen-bond donors (Lipinski definition) is 5. The molecule has 5 N–H and O–H groups in total. The molecule has 17 nitrogen and oxygen atoms in total. The Morgan fingerprint density at radius 3 is 2.34 bits per heavy atom. The summed E-state index contributed by atoms with van der Waals surface area (Å²) < 4.78 is 28.5. The molecule has 3 aromatic carbocycles. The maximum Gasteiger partial charge on any atom is 0.264 e. The second-order valence-corrected chi connectivity index (χ2v) is 18.0. The molecule has 2 fully saturated rings. The number of imide groups is 2. The Morgan fingerprint density at radius 2 is 1.62 bits per heavy atom. The quantitative estimate of drug-likeness (QED) is 0.0862. The highest BCUT2D eigenvalue weighted by Gasteiger charge is 2.45. The lowest BCUT2D eigenvalue weighted by Gasteiger charge is -2.36. The molecule has 0 bridgehead atoms. The van der Waals surface area contributed by atoms with Crippen molar-refractivity contribution >= 4 is 74.1 Å². The number of nitrogens with one attached hydrogen (secondary N) is 5. The van der Waals surface area contributed by atoms with Crippen LogP contribution in [0.3, 0.4) is 0 Å². The van der Waals surface area contributed by atoms with Crippen LogP contribution in [0.4, 0.5) is 34.5 Å². The van der Waals surface area contributed by atoms with E-state index in [0.717, 1.165) is 21.8 Å². The molecule has 7 rings (SSSR count). The Balaban J connectivity index is 0.851. The summed E-state index contributed by atoms with van der Waals surface area (Å²) in [4.78, 5) is 77.9. The maximum absolute atomic E-state index is 13.3. The number of amides is 5. The summed E-state index contributed by atoms with van der Waals surface area (Å²) in [6, 6.07) is 18.4. The predicted molar refractivity (Wildman–Crippen MR) is 231 cm³/mol. The lowest BCUT2D eigenvalue weighted by Crippen LogP contribution is -2.54. The number of fused-ring (bicyclic) bond motifs is 1. The minimum atomic E-state index is -3.72. The molecule has 3 aliphatic heterocycles. The zero-order valence-corrected chi connectivity index (χ0v) is 35.4. The first kappa shape index (κ1) is 42.7. The number of anilines is 6. The van der Waals surface area contributed by atoms with Gasteiger partial charge in [0.1, 0.15) is 11.9 Å². The highest BCUT2D eigenvalue weighted by Crippen LogP contribution is 2.33. The lowest BCUT2D eigenvalue weighted by atomic mass is 10.0. The van der Waals surface area contributed by atoms with Gasteiger partial charge in [-0.05, 0) is 102 Å². The number of rotatable bonds is 14. The van der Waals surface area contributed by atoms with Gasteiger partial charge in [-0.15, -0.1) is 0 Å². The van der Waals surface area contributed by atoms with Crippen LogP contribution in [0.5, 0.6) is 0 Å². The fourth-order valence-electron chi connectivity index (χ4n) is 7.51. The molecule has 2 saturated heterocycles. The van der Waals surface area contributed by atoms with Gasteiger partial charge in [0.15, 0.2) is 0 Å². The highest BCUT2D eigenvalue weighted by molar-refractivity contribution is 7.89. The SMILES string of the molecule is Cc1cnc(Nc2ccc(N3CCN(C(=O)CCCCNc4cccc5c4C(=O)N(C4CCC(=O)NC4=O)C5=O)CC3)cc2)nc1Nc1cccc(S(=O)(=O)NC(C)(C)C)c1. The van der Waals surface area contributed by atoms with Crippen LogP contribution < -0.4 is 30.9 Å². The van der Waals surface area contributed by atoms with Crippen LogP contribution in [-0.4, -0.2) is 102 Å². The van der Waals surface area contributed by atoms with E-state index in [4.69, 9.17) is 0 Å². The Morgan fingerprint density at radius 1 is 0.885 bits per heavy atom. The molecule has 0 radical (unpaired) electrons. The molecule has 61 heavy (non-hydrogen) atoms. The zero-order valence-electron chi connectivity index (χ0n) is 34.6. The van der Waals surface area contributed by atoms with E-state index in [1.54, 1.807) is 69.4 Å². The second-order valence-electron chi connectivity index (χ2n) is 16.3. The molecule has 5 amide bonds. The first-order chi connectivity index (χ1) is 29.1. The van der Waals surface area contributed by atoms with E-state index < -0.39 is 45.2 Å². The van der Waals surface area contributed by atoms with Crippen molar-refractivity contribution in [3.8, 4) is 0 Å². The average molecular weight is 851 g/mol. The summed E-state index contributed by atoms with van der Waals surface area (Å²) in [5.41, 5.74) is 3.46. The molecule has 0 aliphatic carbocycles. The second kappa shape index (κ2) is 17.7. The van der Waals surface area contributed by atoms with E-state index in [0.29, 0.717) is 75.1 Å². The van der Waals surface area contributed by atoms with Crippen molar-refractivity contribution in [2.24, 2.45) is 0 Å². The normalized spacial score (nSPS) is 17.0. The topological polar surface area (TPSA) is 215 Å². The predicted octanol–water partition coefficient (Wildman–Crippen LogP) is 4.68. The molecule has 4 aromatic rings. The van der Waals surface area contributed by atoms with Crippen molar-refractivity contribution in [2.75, 3.05) is 53.6 Å². The molecular weight excluding hydrogens is 801 g/mol. The first-order valence-electron chi connectivity index (χ1n) is 20.3. The number of carbonyl (C=O) groups is 5. The van der Waals surface area contributed by atoms with Gasteiger partial charge in [-0.2, -0.15) is 4.98 Å². The van der Waals surface area contributed by atoms with E-state index in [2.05, 4.69) is 40.9 Å². The van der Waals surface area contributed by atoms with Crippen LogP contribution in [0.2, 0.25) is 0 Å². The minimum Gasteiger partial charge on any atom is -0.384 e. The first-order valence-corrected chi connectivity index (χ1v) is 21.8. The lowest BCUT2D eigenvalue weighted by molar-refractivity contribution is -0.136. The third-order valence-electron chi connectivity index (χ3n) is 10.5. The van der Waals surface area contributed by atoms with Gasteiger partial charge in [0.25, 0.3) is 11.8 Å². The Bertz CT molecular complexity index is 2460. The van der Waals surface area contributed by atoms with Crippen LogP contribution in [0, 0.1) is 6.92 Å². The number of unbranched alkanes of at least 4 members (excludes halogenated alkanes) is 1. The van der Waals surface area contributed by atoms with Crippen LogP contribution in [0.15, 0.2) is 77.8 Å². The summed E-state index contributed by atoms with van der Waals surface area (Å²) >= 11 is 0. The number of piperazine rings is 1. The van der Waals surface area contributed by atoms with Gasteiger partial charge >= 0.3 is 0 Å². The van der Waals surface area contributed by atoms with E-state index in [1.807, 2.05) is 36.1 Å². The Hall–Kier alpha value is -6.40. The van der Waals surface area contributed by atoms with Crippen LogP contribution in [0.25, 0.3) is 0 Å². The fraction of sp³-hybridized carbons (Fsp3) is 0.372. The molecule has 3 aliphatic rings. The summed E-state index contributed by atoms with van der Waals surface area (Å²) in [7, 11) is -3.72. The van der Waals surface area contributed by atoms with Crippen molar-refractivity contribution in [1.82, 2.24) is 29.8 Å². The Labute approximate surface area is 354 Å². The molecule has 0 spiro atoms. The summed E-state index contributed by atoms with van der Waals surface area (Å²) in [6.07, 6.45) is 3.52.